The van der Waals surface area contributed by atoms with Crippen LogP contribution in [0.2, 0.25) is 0 Å². The third kappa shape index (κ3) is 26.2. The molecule has 0 heterocycles. The molecule has 0 radical (unpaired) electrons. The van der Waals surface area contributed by atoms with E-state index in [1.807, 2.05) is 0 Å². The lowest BCUT2D eigenvalue weighted by molar-refractivity contribution is -0.908. The summed E-state index contributed by atoms with van der Waals surface area (Å²) in [6, 6.07) is 0. The molecule has 40 heavy (non-hydrogen) atoms. The van der Waals surface area contributed by atoms with Crippen molar-refractivity contribution in [2.24, 2.45) is 0 Å². The summed E-state index contributed by atoms with van der Waals surface area (Å²) in [4.78, 5) is 0. The van der Waals surface area contributed by atoms with Crippen molar-refractivity contribution >= 4 is 20.2 Å². The van der Waals surface area contributed by atoms with Gasteiger partial charge < -0.3 is 18.1 Å². The average Bonchev–Trinajstić information content (AvgIpc) is 2.78. The Labute approximate surface area is 238 Å². The summed E-state index contributed by atoms with van der Waals surface area (Å²) in [5.74, 6) is 0. The normalized spacial score (nSPS) is 15.2. The molecule has 2 atom stereocenters. The zero-order valence-electron chi connectivity index (χ0n) is 25.3. The largest absolute Gasteiger partial charge is 0.741 e. The number of unbranched alkanes of at least 4 members (excludes halogenated alkanes) is 4. The summed E-state index contributed by atoms with van der Waals surface area (Å²) in [5, 5.41) is 0. The molecule has 0 aromatic carbocycles. The van der Waals surface area contributed by atoms with Crippen molar-refractivity contribution in [1.82, 2.24) is 0 Å². The second kappa shape index (κ2) is 21.9. The van der Waals surface area contributed by atoms with E-state index < -0.39 is 31.3 Å². The van der Waals surface area contributed by atoms with E-state index in [1.54, 1.807) is 0 Å². The Kier molecular flexibility index (Phi) is 25.4. The van der Waals surface area contributed by atoms with Gasteiger partial charge in [-0.3, -0.25) is 0 Å². The van der Waals surface area contributed by atoms with Crippen LogP contribution in [-0.2, 0) is 20.2 Å². The maximum absolute atomic E-state index is 10.7. The molecular weight excluding hydrogens is 590 g/mol. The highest BCUT2D eigenvalue weighted by molar-refractivity contribution is 7.86. The van der Waals surface area contributed by atoms with Crippen molar-refractivity contribution in [2.75, 3.05) is 53.4 Å². The Morgan fingerprint density at radius 1 is 0.500 bits per heavy atom. The lowest BCUT2D eigenvalue weighted by Gasteiger charge is -2.33. The Morgan fingerprint density at radius 3 is 0.850 bits per heavy atom. The van der Waals surface area contributed by atoms with Gasteiger partial charge in [-0.2, -0.15) is 26.3 Å². The van der Waals surface area contributed by atoms with Gasteiger partial charge in [-0.1, -0.05) is 40.5 Å². The lowest BCUT2D eigenvalue weighted by atomic mass is 10.2. The molecule has 8 nitrogen and oxygen atoms in total. The third-order valence-electron chi connectivity index (χ3n) is 6.22. The topological polar surface area (TPSA) is 114 Å². The molecule has 0 saturated carbocycles. The number of halogens is 6. The maximum Gasteiger partial charge on any atom is 0.485 e. The molecule has 0 aromatic heterocycles. The van der Waals surface area contributed by atoms with E-state index in [0.29, 0.717) is 0 Å². The van der Waals surface area contributed by atoms with Crippen LogP contribution in [0, 0.1) is 0 Å². The first-order chi connectivity index (χ1) is 17.9. The second-order valence-corrected chi connectivity index (χ2v) is 12.7. The Morgan fingerprint density at radius 2 is 0.725 bits per heavy atom. The van der Waals surface area contributed by atoms with Crippen molar-refractivity contribution in [3.8, 4) is 0 Å². The molecule has 0 aliphatic heterocycles. The van der Waals surface area contributed by atoms with Crippen molar-refractivity contribution in [1.29, 1.82) is 0 Å². The fourth-order valence-electron chi connectivity index (χ4n) is 3.42. The molecule has 0 bridgehead atoms. The number of alkyl halides is 6. The van der Waals surface area contributed by atoms with Crippen LogP contribution < -0.4 is 0 Å². The number of hydrogen-bond donors (Lipinski definition) is 0. The molecule has 0 amide bonds. The summed E-state index contributed by atoms with van der Waals surface area (Å²) < 4.78 is 120. The molecule has 2 unspecified atom stereocenters. The highest BCUT2D eigenvalue weighted by Gasteiger charge is 2.37. The zero-order valence-corrected chi connectivity index (χ0v) is 27.0. The number of nitrogens with zero attached hydrogens (tertiary/aromatic N) is 2. The highest BCUT2D eigenvalue weighted by Crippen LogP contribution is 2.21. The molecule has 0 fully saturated rings. The predicted octanol–water partition coefficient (Wildman–Crippen LogP) is 6.21. The molecule has 248 valence electrons. The summed E-state index contributed by atoms with van der Waals surface area (Å²) in [6.07, 6.45) is 10.9. The molecule has 0 aliphatic rings. The van der Waals surface area contributed by atoms with Gasteiger partial charge in [0.05, 0.1) is 53.4 Å². The van der Waals surface area contributed by atoms with Gasteiger partial charge in [0, 0.05) is 0 Å². The van der Waals surface area contributed by atoms with E-state index in [9.17, 15) is 26.3 Å². The highest BCUT2D eigenvalue weighted by atomic mass is 32.2. The van der Waals surface area contributed by atoms with Crippen molar-refractivity contribution in [3.05, 3.63) is 0 Å². The molecule has 0 aromatic rings. The van der Waals surface area contributed by atoms with E-state index in [-0.39, 0.29) is 0 Å². The molecule has 0 N–H and O–H groups in total. The van der Waals surface area contributed by atoms with Crippen LogP contribution in [0.5, 0.6) is 0 Å². The first kappa shape index (κ1) is 46.3. The van der Waals surface area contributed by atoms with Crippen LogP contribution in [0.3, 0.4) is 0 Å². The fraction of sp³-hybridized carbons (Fsp3) is 1.00. The van der Waals surface area contributed by atoms with Crippen molar-refractivity contribution in [2.45, 2.75) is 104 Å². The summed E-state index contributed by atoms with van der Waals surface area (Å²) in [7, 11) is -7.40. The minimum atomic E-state index is -6.09. The fourth-order valence-corrected chi connectivity index (χ4v) is 3.42. The van der Waals surface area contributed by atoms with Crippen LogP contribution in [0.4, 0.5) is 26.3 Å². The van der Waals surface area contributed by atoms with Gasteiger partial charge in [-0.15, -0.1) is 0 Å². The maximum atomic E-state index is 10.7. The standard InChI is InChI=1S/2C11H26N.2CHF3O3S/c2*1-5-8-9-11-12(4,7-3)10-6-2;2*2-1(3,4)8(5,6)7/h2*5-11H2,1-4H3;2*(H,5,6,7)/q2*+1;;/p-2. The molecular formula is C24H52F6N2O6S2. The Hall–Kier alpha value is -0.680. The Balaban J connectivity index is -0.000000220. The van der Waals surface area contributed by atoms with Gasteiger partial charge in [0.2, 0.25) is 0 Å². The van der Waals surface area contributed by atoms with E-state index in [4.69, 9.17) is 25.9 Å². The monoisotopic (exact) mass is 642 g/mol. The average molecular weight is 643 g/mol. The van der Waals surface area contributed by atoms with Crippen molar-refractivity contribution in [3.63, 3.8) is 0 Å². The number of rotatable bonds is 14. The van der Waals surface area contributed by atoms with Gasteiger partial charge in [-0.25, -0.2) is 16.8 Å². The van der Waals surface area contributed by atoms with Crippen LogP contribution in [-0.4, -0.2) is 99.3 Å². The van der Waals surface area contributed by atoms with Gasteiger partial charge in [0.15, 0.2) is 20.2 Å². The van der Waals surface area contributed by atoms with Gasteiger partial charge in [0.1, 0.15) is 0 Å². The number of quaternary nitrogens is 2. The SMILES string of the molecule is CCCCC[N+](C)(CC)CCC.CCCCC[N+](C)(CC)CCC.O=S(=O)([O-])C(F)(F)F.O=S(=O)([O-])C(F)(F)F. The van der Waals surface area contributed by atoms with Crippen LogP contribution in [0.25, 0.3) is 0 Å². The van der Waals surface area contributed by atoms with Crippen LogP contribution >= 0.6 is 0 Å². The minimum Gasteiger partial charge on any atom is -0.741 e. The molecule has 0 rings (SSSR count). The van der Waals surface area contributed by atoms with Crippen LogP contribution in [0.15, 0.2) is 0 Å². The molecule has 16 heteroatoms. The minimum absolute atomic E-state index is 1.27. The molecule has 0 saturated heterocycles. The van der Waals surface area contributed by atoms with Crippen LogP contribution in [0.1, 0.15) is 92.9 Å². The van der Waals surface area contributed by atoms with Crippen molar-refractivity contribution < 1.29 is 61.2 Å². The van der Waals surface area contributed by atoms with Gasteiger partial charge in [-0.05, 0) is 52.4 Å². The first-order valence-electron chi connectivity index (χ1n) is 13.6. The van der Waals surface area contributed by atoms with E-state index in [1.165, 1.54) is 99.6 Å². The second-order valence-electron chi connectivity index (χ2n) is 9.98. The smallest absolute Gasteiger partial charge is 0.485 e. The van der Waals surface area contributed by atoms with Gasteiger partial charge in [0.25, 0.3) is 0 Å². The predicted molar refractivity (Wildman–Crippen MR) is 144 cm³/mol. The molecule has 0 spiro atoms. The van der Waals surface area contributed by atoms with E-state index in [0.717, 1.165) is 0 Å². The number of hydrogen-bond acceptors (Lipinski definition) is 6. The van der Waals surface area contributed by atoms with Gasteiger partial charge >= 0.3 is 11.0 Å². The molecule has 0 aliphatic carbocycles. The summed E-state index contributed by atoms with van der Waals surface area (Å²) >= 11 is 0. The third-order valence-corrected chi connectivity index (χ3v) is 7.36. The zero-order chi connectivity index (χ0) is 32.9. The quantitative estimate of drug-likeness (QED) is 0.0732. The Bertz CT molecular complexity index is 757. The van der Waals surface area contributed by atoms with E-state index in [2.05, 4.69) is 55.6 Å². The summed E-state index contributed by atoms with van der Waals surface area (Å²) in [6.45, 7) is 21.7. The summed E-state index contributed by atoms with van der Waals surface area (Å²) in [5.41, 5.74) is -11.3. The first-order valence-corrected chi connectivity index (χ1v) is 16.4. The van der Waals surface area contributed by atoms with E-state index >= 15 is 0 Å². The lowest BCUT2D eigenvalue weighted by Crippen LogP contribution is -2.45.